The smallest absolute Gasteiger partial charge is 0.319 e. The van der Waals surface area contributed by atoms with Crippen LogP contribution >= 0.6 is 11.6 Å². The zero-order valence-electron chi connectivity index (χ0n) is 10.3. The number of amides is 2. The Hall–Kier alpha value is -1.37. The van der Waals surface area contributed by atoms with Crippen molar-refractivity contribution < 1.29 is 19.0 Å². The van der Waals surface area contributed by atoms with Gasteiger partial charge in [-0.1, -0.05) is 11.6 Å². The van der Waals surface area contributed by atoms with Gasteiger partial charge in [-0.05, 0) is 24.6 Å². The first-order chi connectivity index (χ1) is 9.13. The van der Waals surface area contributed by atoms with Crippen molar-refractivity contribution in [2.75, 3.05) is 31.7 Å². The molecule has 5 nitrogen and oxygen atoms in total. The molecule has 0 heterocycles. The number of carbonyl (C=O) groups excluding carboxylic acids is 1. The maximum absolute atomic E-state index is 12.8. The second-order valence-electron chi connectivity index (χ2n) is 3.69. The Morgan fingerprint density at radius 1 is 1.42 bits per heavy atom. The number of aliphatic hydroxyl groups is 1. The Morgan fingerprint density at radius 2 is 2.21 bits per heavy atom. The molecule has 7 heteroatoms. The average molecular weight is 291 g/mol. The van der Waals surface area contributed by atoms with Crippen LogP contribution in [0.25, 0.3) is 0 Å². The normalized spacial score (nSPS) is 10.3. The van der Waals surface area contributed by atoms with Crippen molar-refractivity contribution >= 4 is 23.3 Å². The van der Waals surface area contributed by atoms with Gasteiger partial charge in [0.15, 0.2) is 0 Å². The maximum Gasteiger partial charge on any atom is 0.319 e. The molecule has 106 valence electrons. The highest BCUT2D eigenvalue weighted by Gasteiger charge is 2.05. The van der Waals surface area contributed by atoms with Crippen molar-refractivity contribution in [1.82, 2.24) is 5.32 Å². The van der Waals surface area contributed by atoms with E-state index in [9.17, 15) is 9.18 Å². The zero-order valence-corrected chi connectivity index (χ0v) is 11.0. The number of anilines is 1. The summed E-state index contributed by atoms with van der Waals surface area (Å²) >= 11 is 5.77. The molecule has 0 aliphatic heterocycles. The van der Waals surface area contributed by atoms with Crippen LogP contribution in [0.3, 0.4) is 0 Å². The minimum absolute atomic E-state index is 0.0169. The van der Waals surface area contributed by atoms with Crippen molar-refractivity contribution in [3.8, 4) is 0 Å². The van der Waals surface area contributed by atoms with Crippen molar-refractivity contribution in [1.29, 1.82) is 0 Å². The molecule has 1 aromatic rings. The van der Waals surface area contributed by atoms with Gasteiger partial charge in [-0.3, -0.25) is 0 Å². The van der Waals surface area contributed by atoms with Crippen LogP contribution in [0.1, 0.15) is 6.42 Å². The molecule has 0 aliphatic rings. The van der Waals surface area contributed by atoms with E-state index in [1.165, 1.54) is 12.1 Å². The van der Waals surface area contributed by atoms with Gasteiger partial charge < -0.3 is 20.5 Å². The largest absolute Gasteiger partial charge is 0.394 e. The molecular weight excluding hydrogens is 275 g/mol. The number of halogens is 2. The van der Waals surface area contributed by atoms with E-state index < -0.39 is 11.8 Å². The molecule has 0 atom stereocenters. The Morgan fingerprint density at radius 3 is 2.89 bits per heavy atom. The molecule has 1 aromatic carbocycles. The number of aliphatic hydroxyl groups excluding tert-OH is 1. The molecule has 0 saturated carbocycles. The first-order valence-corrected chi connectivity index (χ1v) is 6.20. The summed E-state index contributed by atoms with van der Waals surface area (Å²) in [7, 11) is 0. The Kier molecular flexibility index (Phi) is 7.17. The quantitative estimate of drug-likeness (QED) is 0.673. The van der Waals surface area contributed by atoms with Crippen LogP contribution in [-0.4, -0.2) is 37.5 Å². The van der Waals surface area contributed by atoms with Gasteiger partial charge in [-0.25, -0.2) is 9.18 Å². The molecule has 2 amide bonds. The van der Waals surface area contributed by atoms with E-state index in [2.05, 4.69) is 10.6 Å². The summed E-state index contributed by atoms with van der Waals surface area (Å²) < 4.78 is 17.8. The molecule has 0 aromatic heterocycles. The average Bonchev–Trinajstić information content (AvgIpc) is 2.37. The highest BCUT2D eigenvalue weighted by Crippen LogP contribution is 2.21. The third-order valence-corrected chi connectivity index (χ3v) is 2.48. The summed E-state index contributed by atoms with van der Waals surface area (Å²) in [5.41, 5.74) is 0.345. The lowest BCUT2D eigenvalue weighted by molar-refractivity contribution is 0.0910. The van der Waals surface area contributed by atoms with Crippen molar-refractivity contribution in [2.45, 2.75) is 6.42 Å². The topological polar surface area (TPSA) is 70.6 Å². The SMILES string of the molecule is O=C(NCCCOCCO)Nc1ccc(F)cc1Cl. The molecule has 0 unspecified atom stereocenters. The van der Waals surface area contributed by atoms with E-state index in [4.69, 9.17) is 21.4 Å². The maximum atomic E-state index is 12.8. The summed E-state index contributed by atoms with van der Waals surface area (Å²) in [4.78, 5) is 11.5. The third kappa shape index (κ3) is 6.37. The molecule has 0 fully saturated rings. The number of carbonyl (C=O) groups is 1. The Bertz CT molecular complexity index is 418. The fourth-order valence-electron chi connectivity index (χ4n) is 1.30. The highest BCUT2D eigenvalue weighted by atomic mass is 35.5. The molecule has 0 aliphatic carbocycles. The highest BCUT2D eigenvalue weighted by molar-refractivity contribution is 6.33. The predicted molar refractivity (Wildman–Crippen MR) is 71.0 cm³/mol. The lowest BCUT2D eigenvalue weighted by Gasteiger charge is -2.09. The molecule has 0 radical (unpaired) electrons. The van der Waals surface area contributed by atoms with Crippen LogP contribution in [-0.2, 0) is 4.74 Å². The zero-order chi connectivity index (χ0) is 14.1. The van der Waals surface area contributed by atoms with Crippen molar-refractivity contribution in [3.63, 3.8) is 0 Å². The van der Waals surface area contributed by atoms with Crippen LogP contribution in [0.5, 0.6) is 0 Å². The van der Waals surface area contributed by atoms with Crippen LogP contribution < -0.4 is 10.6 Å². The Balaban J connectivity index is 2.23. The number of nitrogens with one attached hydrogen (secondary N) is 2. The van der Waals surface area contributed by atoms with E-state index >= 15 is 0 Å². The second-order valence-corrected chi connectivity index (χ2v) is 4.10. The minimum Gasteiger partial charge on any atom is -0.394 e. The van der Waals surface area contributed by atoms with Crippen LogP contribution in [0.15, 0.2) is 18.2 Å². The monoisotopic (exact) mass is 290 g/mol. The van der Waals surface area contributed by atoms with Gasteiger partial charge in [0, 0.05) is 13.2 Å². The predicted octanol–water partition coefficient (Wildman–Crippen LogP) is 2.00. The van der Waals surface area contributed by atoms with Gasteiger partial charge >= 0.3 is 6.03 Å². The van der Waals surface area contributed by atoms with Gasteiger partial charge in [-0.15, -0.1) is 0 Å². The first-order valence-electron chi connectivity index (χ1n) is 5.82. The van der Waals surface area contributed by atoms with Gasteiger partial charge in [0.05, 0.1) is 23.9 Å². The summed E-state index contributed by atoms with van der Waals surface area (Å²) in [6.07, 6.45) is 0.630. The fraction of sp³-hybridized carbons (Fsp3) is 0.417. The Labute approximate surface area is 115 Å². The summed E-state index contributed by atoms with van der Waals surface area (Å²) in [6, 6.07) is 3.31. The molecule has 19 heavy (non-hydrogen) atoms. The molecule has 3 N–H and O–H groups in total. The van der Waals surface area contributed by atoms with E-state index in [0.717, 1.165) is 6.07 Å². The van der Waals surface area contributed by atoms with Crippen LogP contribution in [0.2, 0.25) is 5.02 Å². The number of urea groups is 1. The summed E-state index contributed by atoms with van der Waals surface area (Å²) in [6.45, 7) is 1.16. The van der Waals surface area contributed by atoms with E-state index in [0.29, 0.717) is 25.3 Å². The second kappa shape index (κ2) is 8.68. The number of rotatable bonds is 7. The van der Waals surface area contributed by atoms with Crippen LogP contribution in [0.4, 0.5) is 14.9 Å². The molecule has 1 rings (SSSR count). The molecule has 0 saturated heterocycles. The standard InChI is InChI=1S/C12H16ClFN2O3/c13-10-8-9(14)2-3-11(10)16-12(18)15-4-1-6-19-7-5-17/h2-3,8,17H,1,4-7H2,(H2,15,16,18). The van der Waals surface area contributed by atoms with Gasteiger partial charge in [0.25, 0.3) is 0 Å². The first kappa shape index (κ1) is 15.7. The molecule has 0 bridgehead atoms. The van der Waals surface area contributed by atoms with Gasteiger partial charge in [-0.2, -0.15) is 0 Å². The lowest BCUT2D eigenvalue weighted by atomic mass is 10.3. The number of ether oxygens (including phenoxy) is 1. The van der Waals surface area contributed by atoms with Crippen molar-refractivity contribution in [2.24, 2.45) is 0 Å². The summed E-state index contributed by atoms with van der Waals surface area (Å²) in [5.74, 6) is -0.461. The van der Waals surface area contributed by atoms with Gasteiger partial charge in [0.2, 0.25) is 0 Å². The number of benzene rings is 1. The van der Waals surface area contributed by atoms with Crippen LogP contribution in [0, 0.1) is 5.82 Å². The fourth-order valence-corrected chi connectivity index (χ4v) is 1.51. The number of hydrogen-bond acceptors (Lipinski definition) is 3. The molecule has 0 spiro atoms. The van der Waals surface area contributed by atoms with Crippen molar-refractivity contribution in [3.05, 3.63) is 29.0 Å². The minimum atomic E-state index is -0.461. The third-order valence-electron chi connectivity index (χ3n) is 2.17. The molecular formula is C12H16ClFN2O3. The summed E-state index contributed by atoms with van der Waals surface area (Å²) in [5, 5.41) is 13.7. The van der Waals surface area contributed by atoms with E-state index in [-0.39, 0.29) is 18.2 Å². The van der Waals surface area contributed by atoms with E-state index in [1.807, 2.05) is 0 Å². The van der Waals surface area contributed by atoms with Gasteiger partial charge in [0.1, 0.15) is 5.82 Å². The number of hydrogen-bond donors (Lipinski definition) is 3. The lowest BCUT2D eigenvalue weighted by Crippen LogP contribution is -2.30. The van der Waals surface area contributed by atoms with E-state index in [1.54, 1.807) is 0 Å².